The van der Waals surface area contributed by atoms with Crippen molar-refractivity contribution in [2.45, 2.75) is 232 Å². The summed E-state index contributed by atoms with van der Waals surface area (Å²) >= 11 is 0. The molecule has 96 heavy (non-hydrogen) atoms. The smallest absolute Gasteiger partial charge is 0.252 e. The Balaban J connectivity index is 1.06. The molecule has 0 amide bonds. The molecule has 6 aliphatic rings. The molecule has 0 spiro atoms. The maximum atomic E-state index is 7.34. The van der Waals surface area contributed by atoms with E-state index in [0.717, 1.165) is 88.9 Å². The Labute approximate surface area is 574 Å². The quantitative estimate of drug-likeness (QED) is 0.155. The summed E-state index contributed by atoms with van der Waals surface area (Å²) in [4.78, 5) is 10.8. The minimum Gasteiger partial charge on any atom is -0.454 e. The van der Waals surface area contributed by atoms with Crippen molar-refractivity contribution >= 4 is 108 Å². The average molecular weight is 1270 g/mol. The molecule has 5 nitrogen and oxygen atoms in total. The third kappa shape index (κ3) is 9.35. The van der Waals surface area contributed by atoms with Gasteiger partial charge in [0, 0.05) is 67.4 Å². The molecule has 4 heterocycles. The van der Waals surface area contributed by atoms with Crippen LogP contribution in [-0.2, 0) is 43.3 Å². The van der Waals surface area contributed by atoms with Crippen molar-refractivity contribution in [3.63, 3.8) is 0 Å². The molecular formula is C90H101BN4O. The molecule has 6 heteroatoms. The molecule has 0 N–H and O–H groups in total. The molecular weight excluding hydrogens is 1160 g/mol. The van der Waals surface area contributed by atoms with Gasteiger partial charge in [0.25, 0.3) is 6.71 Å². The number of rotatable bonds is 6. The second-order valence-corrected chi connectivity index (χ2v) is 36.3. The first-order valence-electron chi connectivity index (χ1n) is 36.3. The Bertz CT molecular complexity index is 4790. The summed E-state index contributed by atoms with van der Waals surface area (Å²) in [6.45, 7) is 46.1. The first-order chi connectivity index (χ1) is 45.2. The Kier molecular flexibility index (Phi) is 13.6. The van der Waals surface area contributed by atoms with Crippen LogP contribution in [0.15, 0.2) is 174 Å². The van der Waals surface area contributed by atoms with Crippen LogP contribution < -0.4 is 36.0 Å². The van der Waals surface area contributed by atoms with E-state index in [1.807, 2.05) is 0 Å². The summed E-state index contributed by atoms with van der Waals surface area (Å²) in [5.74, 6) is 0. The SMILES string of the molecule is CC(C)(C)c1ccc(N(c2ccc(C(C)(C)C)cc2)c2cc3c4c(c2)N(c2cccc5c2oc2ccccc25)c2cc(N5c6ccc(C(C)(C)C)cc6C6(C)CCCCC56C)ccc2B4c2cc4c(cc2N3c2ccc3c(c2)C(C)(C)CCC3(C)C)C(C)(C)CCC4(C)C)cc1. The fourth-order valence-corrected chi connectivity index (χ4v) is 18.7. The number of para-hydroxylation sites is 2. The first kappa shape index (κ1) is 62.8. The van der Waals surface area contributed by atoms with Gasteiger partial charge in [-0.3, -0.25) is 0 Å². The van der Waals surface area contributed by atoms with Crippen LogP contribution in [0.25, 0.3) is 21.9 Å². The predicted molar refractivity (Wildman–Crippen MR) is 412 cm³/mol. The highest BCUT2D eigenvalue weighted by Gasteiger charge is 2.58. The maximum absolute atomic E-state index is 7.34. The Morgan fingerprint density at radius 1 is 0.375 bits per heavy atom. The van der Waals surface area contributed by atoms with Crippen LogP contribution in [0, 0.1) is 0 Å². The van der Waals surface area contributed by atoms with E-state index in [0.29, 0.717) is 0 Å². The number of fused-ring (bicyclic) bond motifs is 12. The standard InChI is InChI=1S/C90H101BN4O/c1-82(2,3)56-29-34-59(35-30-56)92(60-36-31-57(32-37-60)83(4,5)6)63-52-77-80-78(53-63)94(74-27-24-26-65-64-25-20-21-28-79(64)96-81(65)74)75-51-62(95-73-42-33-58(84(7,8)9)49-70(73)89(18)43-22-23-44-90(89,95)19)39-41-71(75)91(80)72-54-68-69(88(16,17)48-47-87(68,14)15)55-76(72)93(77)61-38-40-66-67(50-61)86(12,13)46-45-85(66,10)11/h20-21,24-42,49-55H,22-23,43-48H2,1-19H3. The predicted octanol–water partition coefficient (Wildman–Crippen LogP) is 23.5. The van der Waals surface area contributed by atoms with Crippen LogP contribution in [0.4, 0.5) is 62.6 Å². The van der Waals surface area contributed by atoms with Gasteiger partial charge in [-0.15, -0.1) is 0 Å². The minimum absolute atomic E-state index is 0.0177. The summed E-state index contributed by atoms with van der Waals surface area (Å²) in [5.41, 5.74) is 29.8. The highest BCUT2D eigenvalue weighted by molar-refractivity contribution is 7.00. The van der Waals surface area contributed by atoms with Crippen LogP contribution in [0.3, 0.4) is 0 Å². The van der Waals surface area contributed by atoms with Crippen molar-refractivity contribution in [2.24, 2.45) is 0 Å². The van der Waals surface area contributed by atoms with Crippen molar-refractivity contribution in [1.82, 2.24) is 0 Å². The van der Waals surface area contributed by atoms with Gasteiger partial charge in [0.15, 0.2) is 5.58 Å². The van der Waals surface area contributed by atoms with E-state index < -0.39 is 0 Å². The monoisotopic (exact) mass is 1260 g/mol. The number of nitrogens with zero attached hydrogens (tertiary/aromatic N) is 4. The fraction of sp³-hybridized carbons (Fsp3) is 0.400. The molecule has 10 aromatic rings. The highest BCUT2D eigenvalue weighted by atomic mass is 16.3. The van der Waals surface area contributed by atoms with Gasteiger partial charge in [-0.25, -0.2) is 0 Å². The molecule has 2 unspecified atom stereocenters. The molecule has 490 valence electrons. The number of hydrogen-bond donors (Lipinski definition) is 0. The Morgan fingerprint density at radius 2 is 0.906 bits per heavy atom. The molecule has 9 aromatic carbocycles. The van der Waals surface area contributed by atoms with Gasteiger partial charge in [0.05, 0.1) is 16.9 Å². The number of hydrogen-bond acceptors (Lipinski definition) is 5. The van der Waals surface area contributed by atoms with Gasteiger partial charge in [-0.2, -0.15) is 0 Å². The Morgan fingerprint density at radius 3 is 1.53 bits per heavy atom. The zero-order chi connectivity index (χ0) is 67.6. The van der Waals surface area contributed by atoms with E-state index in [1.165, 1.54) is 108 Å². The Hall–Kier alpha value is -7.96. The molecule has 0 radical (unpaired) electrons. The highest BCUT2D eigenvalue weighted by Crippen LogP contribution is 2.63. The zero-order valence-electron chi connectivity index (χ0n) is 61.1. The molecule has 1 saturated carbocycles. The van der Waals surface area contributed by atoms with Gasteiger partial charge in [-0.1, -0.05) is 222 Å². The second kappa shape index (κ2) is 20.8. The molecule has 3 aliphatic carbocycles. The van der Waals surface area contributed by atoms with Crippen molar-refractivity contribution in [2.75, 3.05) is 19.6 Å². The molecule has 2 atom stereocenters. The summed E-state index contributed by atoms with van der Waals surface area (Å²) in [6.07, 6.45) is 9.25. The molecule has 16 rings (SSSR count). The van der Waals surface area contributed by atoms with E-state index in [-0.39, 0.29) is 55.6 Å². The van der Waals surface area contributed by atoms with Gasteiger partial charge in [0.2, 0.25) is 0 Å². The molecule has 0 saturated heterocycles. The van der Waals surface area contributed by atoms with Crippen molar-refractivity contribution in [1.29, 1.82) is 0 Å². The average Bonchev–Trinajstić information content (AvgIpc) is 1.01. The fourth-order valence-electron chi connectivity index (χ4n) is 18.7. The third-order valence-electron chi connectivity index (χ3n) is 25.2. The van der Waals surface area contributed by atoms with Crippen LogP contribution in [0.2, 0.25) is 0 Å². The van der Waals surface area contributed by atoms with Crippen molar-refractivity contribution < 1.29 is 4.42 Å². The van der Waals surface area contributed by atoms with Gasteiger partial charge in [0.1, 0.15) is 5.58 Å². The molecule has 0 bridgehead atoms. The van der Waals surface area contributed by atoms with Gasteiger partial charge in [-0.05, 0) is 229 Å². The van der Waals surface area contributed by atoms with E-state index in [1.54, 1.807) is 0 Å². The van der Waals surface area contributed by atoms with Crippen LogP contribution in [-0.4, -0.2) is 12.3 Å². The van der Waals surface area contributed by atoms with Crippen molar-refractivity contribution in [3.05, 3.63) is 214 Å². The first-order valence-corrected chi connectivity index (χ1v) is 36.3. The maximum Gasteiger partial charge on any atom is 0.252 e. The van der Waals surface area contributed by atoms with E-state index in [2.05, 4.69) is 321 Å². The second-order valence-electron chi connectivity index (χ2n) is 36.3. The summed E-state index contributed by atoms with van der Waals surface area (Å²) in [6, 6.07) is 67.9. The summed E-state index contributed by atoms with van der Waals surface area (Å²) in [7, 11) is 0. The van der Waals surface area contributed by atoms with E-state index in [4.69, 9.17) is 4.42 Å². The molecule has 3 aliphatic heterocycles. The van der Waals surface area contributed by atoms with E-state index in [9.17, 15) is 0 Å². The topological polar surface area (TPSA) is 26.1 Å². The van der Waals surface area contributed by atoms with Crippen LogP contribution >= 0.6 is 0 Å². The third-order valence-corrected chi connectivity index (χ3v) is 25.2. The van der Waals surface area contributed by atoms with Crippen molar-refractivity contribution in [3.8, 4) is 0 Å². The van der Waals surface area contributed by atoms with E-state index >= 15 is 0 Å². The van der Waals surface area contributed by atoms with Crippen LogP contribution in [0.1, 0.15) is 227 Å². The van der Waals surface area contributed by atoms with Gasteiger partial charge >= 0.3 is 0 Å². The lowest BCUT2D eigenvalue weighted by atomic mass is 9.33. The lowest BCUT2D eigenvalue weighted by molar-refractivity contribution is 0.195. The number of benzene rings is 9. The van der Waals surface area contributed by atoms with Gasteiger partial charge < -0.3 is 24.0 Å². The summed E-state index contributed by atoms with van der Waals surface area (Å²) in [5, 5.41) is 2.24. The molecule has 1 fully saturated rings. The zero-order valence-corrected chi connectivity index (χ0v) is 61.1. The minimum atomic E-state index is -0.172. The number of furan rings is 1. The molecule has 1 aromatic heterocycles. The lowest BCUT2D eigenvalue weighted by Gasteiger charge is -2.51. The van der Waals surface area contributed by atoms with Crippen LogP contribution in [0.5, 0.6) is 0 Å². The summed E-state index contributed by atoms with van der Waals surface area (Å²) < 4.78 is 7.34. The lowest BCUT2D eigenvalue weighted by Crippen LogP contribution is -2.62. The normalized spacial score (nSPS) is 21.1. The largest absolute Gasteiger partial charge is 0.454 e. The number of anilines is 11.